The van der Waals surface area contributed by atoms with Crippen molar-refractivity contribution < 1.29 is 9.53 Å². The van der Waals surface area contributed by atoms with E-state index >= 15 is 0 Å². The van der Waals surface area contributed by atoms with Gasteiger partial charge >= 0.3 is 6.03 Å². The van der Waals surface area contributed by atoms with Crippen LogP contribution in [-0.4, -0.2) is 48.1 Å². The van der Waals surface area contributed by atoms with E-state index in [1.54, 1.807) is 11.3 Å². The van der Waals surface area contributed by atoms with Gasteiger partial charge in [0, 0.05) is 29.7 Å². The number of nitrogens with one attached hydrogen (secondary N) is 1. The molecule has 6 heteroatoms. The van der Waals surface area contributed by atoms with Crippen LogP contribution in [0.1, 0.15) is 30.6 Å². The van der Waals surface area contributed by atoms with Crippen molar-refractivity contribution in [2.24, 2.45) is 0 Å². The number of piperidine rings is 1. The summed E-state index contributed by atoms with van der Waals surface area (Å²) < 4.78 is 5.78. The lowest BCUT2D eigenvalue weighted by Gasteiger charge is -2.37. The molecule has 1 atom stereocenters. The number of carbonyl (C=O) groups is 1. The standard InChI is InChI=1S/C21H27N3O2S/c25-21(24-13-3-5-18(15-24)23-11-1-2-12-23)22-17-7-9-19(10-8-17)26-16-20-6-4-14-27-20/h4,6-10,14,18H,1-3,5,11-13,15-16H2,(H,22,25)/t18-/m0/s1. The number of rotatable bonds is 5. The van der Waals surface area contributed by atoms with Gasteiger partial charge in [-0.3, -0.25) is 4.90 Å². The van der Waals surface area contributed by atoms with E-state index < -0.39 is 0 Å². The molecule has 27 heavy (non-hydrogen) atoms. The van der Waals surface area contributed by atoms with Crippen molar-refractivity contribution in [2.75, 3.05) is 31.5 Å². The molecule has 1 N–H and O–H groups in total. The van der Waals surface area contributed by atoms with Crippen molar-refractivity contribution in [1.82, 2.24) is 9.80 Å². The third-order valence-electron chi connectivity index (χ3n) is 5.41. The monoisotopic (exact) mass is 385 g/mol. The Balaban J connectivity index is 1.28. The van der Waals surface area contributed by atoms with Crippen LogP contribution in [0.25, 0.3) is 0 Å². The number of thiophene rings is 1. The summed E-state index contributed by atoms with van der Waals surface area (Å²) in [5.41, 5.74) is 0.812. The van der Waals surface area contributed by atoms with Crippen molar-refractivity contribution in [3.8, 4) is 5.75 Å². The normalized spacial score (nSPS) is 20.6. The molecule has 3 heterocycles. The molecule has 0 unspecified atom stereocenters. The van der Waals surface area contributed by atoms with Gasteiger partial charge in [0.1, 0.15) is 12.4 Å². The highest BCUT2D eigenvalue weighted by Crippen LogP contribution is 2.22. The van der Waals surface area contributed by atoms with Gasteiger partial charge in [0.05, 0.1) is 0 Å². The highest BCUT2D eigenvalue weighted by atomic mass is 32.1. The van der Waals surface area contributed by atoms with Gasteiger partial charge in [-0.05, 0) is 74.5 Å². The summed E-state index contributed by atoms with van der Waals surface area (Å²) >= 11 is 1.69. The molecule has 2 aliphatic heterocycles. The smallest absolute Gasteiger partial charge is 0.321 e. The summed E-state index contributed by atoms with van der Waals surface area (Å²) in [5, 5.41) is 5.08. The summed E-state index contributed by atoms with van der Waals surface area (Å²) in [6.45, 7) is 4.64. The summed E-state index contributed by atoms with van der Waals surface area (Å²) in [7, 11) is 0. The molecule has 2 saturated heterocycles. The van der Waals surface area contributed by atoms with Crippen LogP contribution in [0.15, 0.2) is 41.8 Å². The molecule has 1 aromatic carbocycles. The summed E-state index contributed by atoms with van der Waals surface area (Å²) in [4.78, 5) is 18.4. The quantitative estimate of drug-likeness (QED) is 0.829. The Morgan fingerprint density at radius 3 is 2.67 bits per heavy atom. The van der Waals surface area contributed by atoms with E-state index in [2.05, 4.69) is 16.3 Å². The molecule has 2 fully saturated rings. The minimum absolute atomic E-state index is 0.00570. The third-order valence-corrected chi connectivity index (χ3v) is 6.26. The third kappa shape index (κ3) is 4.82. The van der Waals surface area contributed by atoms with Crippen LogP contribution in [0.5, 0.6) is 5.75 Å². The number of amides is 2. The summed E-state index contributed by atoms with van der Waals surface area (Å²) in [6, 6.07) is 12.3. The van der Waals surface area contributed by atoms with E-state index in [1.165, 1.54) is 37.2 Å². The molecule has 0 bridgehead atoms. The highest BCUT2D eigenvalue weighted by Gasteiger charge is 2.29. The van der Waals surface area contributed by atoms with Crippen LogP contribution in [0.2, 0.25) is 0 Å². The number of anilines is 1. The SMILES string of the molecule is O=C(Nc1ccc(OCc2cccs2)cc1)N1CCC[C@H](N2CCCC2)C1. The molecular formula is C21H27N3O2S. The number of benzene rings is 1. The average molecular weight is 386 g/mol. The molecule has 2 aliphatic rings. The second-order valence-corrected chi connectivity index (χ2v) is 8.34. The van der Waals surface area contributed by atoms with E-state index in [-0.39, 0.29) is 6.03 Å². The Labute approximate surface area is 164 Å². The van der Waals surface area contributed by atoms with Crippen LogP contribution < -0.4 is 10.1 Å². The fourth-order valence-corrected chi connectivity index (χ4v) is 4.55. The van der Waals surface area contributed by atoms with Crippen LogP contribution in [0.4, 0.5) is 10.5 Å². The molecule has 144 valence electrons. The molecule has 0 saturated carbocycles. The first kappa shape index (κ1) is 18.3. The van der Waals surface area contributed by atoms with Crippen molar-refractivity contribution in [2.45, 2.75) is 38.3 Å². The number of urea groups is 1. The van der Waals surface area contributed by atoms with Gasteiger partial charge < -0.3 is 15.0 Å². The zero-order chi connectivity index (χ0) is 18.5. The van der Waals surface area contributed by atoms with E-state index in [1.807, 2.05) is 40.6 Å². The van der Waals surface area contributed by atoms with Crippen LogP contribution in [0.3, 0.4) is 0 Å². The molecule has 0 aliphatic carbocycles. The highest BCUT2D eigenvalue weighted by molar-refractivity contribution is 7.09. The van der Waals surface area contributed by atoms with E-state index in [4.69, 9.17) is 4.74 Å². The zero-order valence-electron chi connectivity index (χ0n) is 15.6. The molecule has 0 spiro atoms. The van der Waals surface area contributed by atoms with Crippen molar-refractivity contribution in [3.05, 3.63) is 46.7 Å². The first-order chi connectivity index (χ1) is 13.3. The molecule has 2 amide bonds. The van der Waals surface area contributed by atoms with Gasteiger partial charge in [-0.15, -0.1) is 11.3 Å². The van der Waals surface area contributed by atoms with Crippen molar-refractivity contribution in [3.63, 3.8) is 0 Å². The Bertz CT molecular complexity index is 726. The number of nitrogens with zero attached hydrogens (tertiary/aromatic N) is 2. The van der Waals surface area contributed by atoms with Gasteiger partial charge in [0.25, 0.3) is 0 Å². The molecule has 0 radical (unpaired) electrons. The fraction of sp³-hybridized carbons (Fsp3) is 0.476. The number of hydrogen-bond donors (Lipinski definition) is 1. The molecular weight excluding hydrogens is 358 g/mol. The van der Waals surface area contributed by atoms with E-state index in [9.17, 15) is 4.79 Å². The maximum atomic E-state index is 12.7. The maximum Gasteiger partial charge on any atom is 0.321 e. The molecule has 1 aromatic heterocycles. The maximum absolute atomic E-state index is 12.7. The Morgan fingerprint density at radius 1 is 1.11 bits per heavy atom. The van der Waals surface area contributed by atoms with Gasteiger partial charge in [0.15, 0.2) is 0 Å². The first-order valence-electron chi connectivity index (χ1n) is 9.83. The van der Waals surface area contributed by atoms with Gasteiger partial charge in [-0.25, -0.2) is 4.79 Å². The lowest BCUT2D eigenvalue weighted by molar-refractivity contribution is 0.132. The fourth-order valence-electron chi connectivity index (χ4n) is 3.93. The number of carbonyl (C=O) groups excluding carboxylic acids is 1. The Morgan fingerprint density at radius 2 is 1.93 bits per heavy atom. The topological polar surface area (TPSA) is 44.8 Å². The Kier molecular flexibility index (Phi) is 5.94. The summed E-state index contributed by atoms with van der Waals surface area (Å²) in [6.07, 6.45) is 4.89. The molecule has 4 rings (SSSR count). The van der Waals surface area contributed by atoms with Gasteiger partial charge in [-0.2, -0.15) is 0 Å². The second kappa shape index (κ2) is 8.76. The van der Waals surface area contributed by atoms with Crippen LogP contribution in [-0.2, 0) is 6.61 Å². The number of ether oxygens (including phenoxy) is 1. The lowest BCUT2D eigenvalue weighted by Crippen LogP contribution is -2.50. The number of hydrogen-bond acceptors (Lipinski definition) is 4. The predicted molar refractivity (Wildman–Crippen MR) is 110 cm³/mol. The summed E-state index contributed by atoms with van der Waals surface area (Å²) in [5.74, 6) is 0.813. The van der Waals surface area contributed by atoms with Crippen molar-refractivity contribution >= 4 is 23.1 Å². The Hall–Kier alpha value is -2.05. The second-order valence-electron chi connectivity index (χ2n) is 7.31. The minimum atomic E-state index is 0.00570. The van der Waals surface area contributed by atoms with Gasteiger partial charge in [-0.1, -0.05) is 6.07 Å². The lowest BCUT2D eigenvalue weighted by atomic mass is 10.0. The first-order valence-corrected chi connectivity index (χ1v) is 10.7. The zero-order valence-corrected chi connectivity index (χ0v) is 16.4. The van der Waals surface area contributed by atoms with E-state index in [0.29, 0.717) is 12.6 Å². The van der Waals surface area contributed by atoms with Gasteiger partial charge in [0.2, 0.25) is 0 Å². The van der Waals surface area contributed by atoms with Crippen LogP contribution >= 0.6 is 11.3 Å². The molecule has 2 aromatic rings. The van der Waals surface area contributed by atoms with Crippen LogP contribution in [0, 0.1) is 0 Å². The minimum Gasteiger partial charge on any atom is -0.488 e. The average Bonchev–Trinajstić information content (AvgIpc) is 3.42. The largest absolute Gasteiger partial charge is 0.488 e. The van der Waals surface area contributed by atoms with Crippen molar-refractivity contribution in [1.29, 1.82) is 0 Å². The molecule has 5 nitrogen and oxygen atoms in total. The number of likely N-dealkylation sites (tertiary alicyclic amines) is 2. The predicted octanol–water partition coefficient (Wildman–Crippen LogP) is 4.42. The van der Waals surface area contributed by atoms with E-state index in [0.717, 1.165) is 30.9 Å².